The quantitative estimate of drug-likeness (QED) is 0.667. The van der Waals surface area contributed by atoms with E-state index < -0.39 is 0 Å². The summed E-state index contributed by atoms with van der Waals surface area (Å²) < 4.78 is 0. The van der Waals surface area contributed by atoms with Crippen LogP contribution in [-0.2, 0) is 0 Å². The summed E-state index contributed by atoms with van der Waals surface area (Å²) in [4.78, 5) is 0. The summed E-state index contributed by atoms with van der Waals surface area (Å²) in [6, 6.07) is 1.47. The normalized spacial score (nSPS) is 22.8. The van der Waals surface area contributed by atoms with Gasteiger partial charge in [0.15, 0.2) is 0 Å². The maximum Gasteiger partial charge on any atom is 0.00952 e. The molecule has 1 aliphatic rings. The van der Waals surface area contributed by atoms with E-state index >= 15 is 0 Å². The van der Waals surface area contributed by atoms with Gasteiger partial charge in [-0.05, 0) is 38.0 Å². The van der Waals surface area contributed by atoms with Crippen LogP contribution < -0.4 is 5.32 Å². The van der Waals surface area contributed by atoms with Crippen molar-refractivity contribution in [3.8, 4) is 0 Å². The molecule has 72 valence electrons. The third-order valence-electron chi connectivity index (χ3n) is 3.11. The van der Waals surface area contributed by atoms with Crippen molar-refractivity contribution >= 4 is 0 Å². The van der Waals surface area contributed by atoms with Crippen molar-refractivity contribution in [1.29, 1.82) is 0 Å². The summed E-state index contributed by atoms with van der Waals surface area (Å²) in [5.41, 5.74) is 0. The zero-order valence-electron chi connectivity index (χ0n) is 8.93. The van der Waals surface area contributed by atoms with Gasteiger partial charge in [0.05, 0.1) is 0 Å². The SMILES string of the molecule is CCC(NC(C)C(C)C)C1CC1. The molecule has 0 heterocycles. The van der Waals surface area contributed by atoms with Crippen LogP contribution in [0, 0.1) is 11.8 Å². The Hall–Kier alpha value is -0.0400. The highest BCUT2D eigenvalue weighted by Gasteiger charge is 2.30. The predicted octanol–water partition coefficient (Wildman–Crippen LogP) is 2.81. The van der Waals surface area contributed by atoms with Gasteiger partial charge in [0.25, 0.3) is 0 Å². The average Bonchev–Trinajstić information content (AvgIpc) is 2.82. The molecule has 1 aliphatic carbocycles. The van der Waals surface area contributed by atoms with Gasteiger partial charge in [0.2, 0.25) is 0 Å². The number of rotatable bonds is 5. The molecule has 1 nitrogen and oxygen atoms in total. The van der Waals surface area contributed by atoms with Gasteiger partial charge in [0.1, 0.15) is 0 Å². The third-order valence-corrected chi connectivity index (χ3v) is 3.11. The van der Waals surface area contributed by atoms with Gasteiger partial charge in [-0.2, -0.15) is 0 Å². The first kappa shape index (κ1) is 10.0. The monoisotopic (exact) mass is 169 g/mol. The van der Waals surface area contributed by atoms with Gasteiger partial charge in [-0.15, -0.1) is 0 Å². The topological polar surface area (TPSA) is 12.0 Å². The predicted molar refractivity (Wildman–Crippen MR) is 54.2 cm³/mol. The Balaban J connectivity index is 2.25. The number of nitrogens with one attached hydrogen (secondary N) is 1. The van der Waals surface area contributed by atoms with Crippen LogP contribution >= 0.6 is 0 Å². The molecule has 1 rings (SSSR count). The Morgan fingerprint density at radius 3 is 2.17 bits per heavy atom. The summed E-state index contributed by atoms with van der Waals surface area (Å²) in [6.07, 6.45) is 4.20. The molecule has 0 saturated heterocycles. The van der Waals surface area contributed by atoms with Gasteiger partial charge in [-0.25, -0.2) is 0 Å². The van der Waals surface area contributed by atoms with Gasteiger partial charge in [-0.1, -0.05) is 20.8 Å². The third kappa shape index (κ3) is 2.78. The van der Waals surface area contributed by atoms with Crippen molar-refractivity contribution in [1.82, 2.24) is 5.32 Å². The molecule has 0 aromatic carbocycles. The van der Waals surface area contributed by atoms with Crippen molar-refractivity contribution in [2.24, 2.45) is 11.8 Å². The molecular weight excluding hydrogens is 146 g/mol. The van der Waals surface area contributed by atoms with Crippen molar-refractivity contribution in [2.75, 3.05) is 0 Å². The highest BCUT2D eigenvalue weighted by molar-refractivity contribution is 4.87. The van der Waals surface area contributed by atoms with E-state index in [2.05, 4.69) is 33.0 Å². The van der Waals surface area contributed by atoms with Crippen molar-refractivity contribution in [3.63, 3.8) is 0 Å². The molecule has 0 spiro atoms. The van der Waals surface area contributed by atoms with Gasteiger partial charge < -0.3 is 5.32 Å². The molecule has 0 aromatic heterocycles. The van der Waals surface area contributed by atoms with Gasteiger partial charge in [-0.3, -0.25) is 0 Å². The van der Waals surface area contributed by atoms with E-state index in [0.717, 1.165) is 17.9 Å². The fourth-order valence-electron chi connectivity index (χ4n) is 1.62. The molecule has 2 unspecified atom stereocenters. The molecule has 0 aliphatic heterocycles. The molecule has 0 bridgehead atoms. The maximum absolute atomic E-state index is 3.73. The van der Waals surface area contributed by atoms with Crippen LogP contribution in [0.25, 0.3) is 0 Å². The number of hydrogen-bond acceptors (Lipinski definition) is 1. The minimum absolute atomic E-state index is 0.676. The van der Waals surface area contributed by atoms with Crippen LogP contribution in [0.2, 0.25) is 0 Å². The Morgan fingerprint density at radius 2 is 1.83 bits per heavy atom. The fourth-order valence-corrected chi connectivity index (χ4v) is 1.62. The lowest BCUT2D eigenvalue weighted by molar-refractivity contribution is 0.343. The van der Waals surface area contributed by atoms with Crippen LogP contribution in [0.15, 0.2) is 0 Å². The minimum atomic E-state index is 0.676. The van der Waals surface area contributed by atoms with E-state index in [1.165, 1.54) is 19.3 Å². The average molecular weight is 169 g/mol. The van der Waals surface area contributed by atoms with E-state index in [9.17, 15) is 0 Å². The number of hydrogen-bond donors (Lipinski definition) is 1. The molecule has 0 aromatic rings. The molecule has 12 heavy (non-hydrogen) atoms. The standard InChI is InChI=1S/C11H23N/c1-5-11(10-6-7-10)12-9(4)8(2)3/h8-12H,5-7H2,1-4H3. The Bertz CT molecular complexity index is 127. The van der Waals surface area contributed by atoms with E-state index in [0.29, 0.717) is 6.04 Å². The molecule has 1 heteroatoms. The first-order chi connectivity index (χ1) is 5.65. The Morgan fingerprint density at radius 1 is 1.25 bits per heavy atom. The Labute approximate surface area is 76.9 Å². The first-order valence-corrected chi connectivity index (χ1v) is 5.41. The molecule has 1 saturated carbocycles. The molecular formula is C11H23N. The zero-order valence-corrected chi connectivity index (χ0v) is 8.93. The highest BCUT2D eigenvalue weighted by atomic mass is 15.0. The summed E-state index contributed by atoms with van der Waals surface area (Å²) in [7, 11) is 0. The second-order valence-electron chi connectivity index (χ2n) is 4.55. The summed E-state index contributed by atoms with van der Waals surface area (Å²) in [5.74, 6) is 1.76. The summed E-state index contributed by atoms with van der Waals surface area (Å²) in [6.45, 7) is 9.17. The molecule has 1 N–H and O–H groups in total. The molecule has 2 atom stereocenters. The highest BCUT2D eigenvalue weighted by Crippen LogP contribution is 2.34. The van der Waals surface area contributed by atoms with E-state index in [1.54, 1.807) is 0 Å². The molecule has 0 radical (unpaired) electrons. The first-order valence-electron chi connectivity index (χ1n) is 5.41. The van der Waals surface area contributed by atoms with Crippen LogP contribution in [0.4, 0.5) is 0 Å². The van der Waals surface area contributed by atoms with E-state index in [4.69, 9.17) is 0 Å². The minimum Gasteiger partial charge on any atom is -0.311 e. The molecule has 1 fully saturated rings. The fraction of sp³-hybridized carbons (Fsp3) is 1.00. The summed E-state index contributed by atoms with van der Waals surface area (Å²) >= 11 is 0. The van der Waals surface area contributed by atoms with Crippen molar-refractivity contribution < 1.29 is 0 Å². The Kier molecular flexibility index (Phi) is 3.57. The zero-order chi connectivity index (χ0) is 9.14. The second kappa shape index (κ2) is 4.27. The van der Waals surface area contributed by atoms with Crippen LogP contribution in [0.5, 0.6) is 0 Å². The van der Waals surface area contributed by atoms with Gasteiger partial charge in [0, 0.05) is 12.1 Å². The van der Waals surface area contributed by atoms with E-state index in [-0.39, 0.29) is 0 Å². The summed E-state index contributed by atoms with van der Waals surface area (Å²) in [5, 5.41) is 3.73. The maximum atomic E-state index is 3.73. The van der Waals surface area contributed by atoms with Crippen LogP contribution in [-0.4, -0.2) is 12.1 Å². The lowest BCUT2D eigenvalue weighted by Gasteiger charge is -2.24. The lowest BCUT2D eigenvalue weighted by Crippen LogP contribution is -2.40. The molecule has 0 amide bonds. The van der Waals surface area contributed by atoms with Gasteiger partial charge >= 0.3 is 0 Å². The van der Waals surface area contributed by atoms with E-state index in [1.807, 2.05) is 0 Å². The second-order valence-corrected chi connectivity index (χ2v) is 4.55. The van der Waals surface area contributed by atoms with Crippen LogP contribution in [0.1, 0.15) is 47.0 Å². The largest absolute Gasteiger partial charge is 0.311 e. The lowest BCUT2D eigenvalue weighted by atomic mass is 10.0. The van der Waals surface area contributed by atoms with Crippen LogP contribution in [0.3, 0.4) is 0 Å². The smallest absolute Gasteiger partial charge is 0.00952 e. The van der Waals surface area contributed by atoms with Crippen molar-refractivity contribution in [2.45, 2.75) is 59.0 Å². The van der Waals surface area contributed by atoms with Crippen molar-refractivity contribution in [3.05, 3.63) is 0 Å².